The Labute approximate surface area is 63.2 Å². The molecule has 0 heterocycles. The highest BCUT2D eigenvalue weighted by atomic mass is 14.9. The number of hydrogen-bond acceptors (Lipinski definition) is 2. The molecule has 10 heavy (non-hydrogen) atoms. The predicted molar refractivity (Wildman–Crippen MR) is 42.5 cm³/mol. The van der Waals surface area contributed by atoms with Crippen LogP contribution in [0.5, 0.6) is 0 Å². The van der Waals surface area contributed by atoms with Gasteiger partial charge in [-0.25, -0.2) is 0 Å². The third-order valence-electron chi connectivity index (χ3n) is 1.76. The molecule has 0 aliphatic carbocycles. The zero-order valence-electron chi connectivity index (χ0n) is 7.02. The first-order chi connectivity index (χ1) is 4.76. The fourth-order valence-electron chi connectivity index (χ4n) is 1.10. The fraction of sp³-hybridized carbons (Fsp3) is 0.875. The van der Waals surface area contributed by atoms with Crippen molar-refractivity contribution in [3.8, 4) is 6.07 Å². The number of nitrogens with zero attached hydrogens (tertiary/aromatic N) is 1. The Kier molecular flexibility index (Phi) is 4.96. The maximum absolute atomic E-state index is 8.61. The first-order valence-corrected chi connectivity index (χ1v) is 3.83. The maximum atomic E-state index is 8.61. The lowest BCUT2D eigenvalue weighted by molar-refractivity contribution is 0.435. The van der Waals surface area contributed by atoms with Gasteiger partial charge in [0.15, 0.2) is 0 Å². The van der Waals surface area contributed by atoms with Gasteiger partial charge in [0.2, 0.25) is 0 Å². The molecule has 0 bridgehead atoms. The van der Waals surface area contributed by atoms with Crippen LogP contribution < -0.4 is 5.32 Å². The number of hydrogen-bond donors (Lipinski definition) is 1. The van der Waals surface area contributed by atoms with E-state index >= 15 is 0 Å². The van der Waals surface area contributed by atoms with Crippen LogP contribution in [0.2, 0.25) is 0 Å². The zero-order chi connectivity index (χ0) is 7.98. The molecule has 0 aromatic heterocycles. The van der Waals surface area contributed by atoms with Crippen LogP contribution in [0.15, 0.2) is 0 Å². The topological polar surface area (TPSA) is 35.8 Å². The Bertz CT molecular complexity index is 115. The van der Waals surface area contributed by atoms with Gasteiger partial charge in [-0.15, -0.1) is 0 Å². The molecule has 0 amide bonds. The molecule has 0 saturated heterocycles. The lowest BCUT2D eigenvalue weighted by atomic mass is 9.98. The van der Waals surface area contributed by atoms with Crippen LogP contribution in [-0.4, -0.2) is 13.1 Å². The average molecular weight is 140 g/mol. The van der Waals surface area contributed by atoms with E-state index in [0.29, 0.717) is 5.92 Å². The molecule has 2 heteroatoms. The van der Waals surface area contributed by atoms with E-state index in [-0.39, 0.29) is 6.04 Å². The number of nitrogens with one attached hydrogen (secondary N) is 1. The van der Waals surface area contributed by atoms with E-state index in [1.807, 2.05) is 7.05 Å². The molecule has 0 aromatic carbocycles. The van der Waals surface area contributed by atoms with E-state index in [4.69, 9.17) is 5.26 Å². The van der Waals surface area contributed by atoms with E-state index in [1.165, 1.54) is 0 Å². The van der Waals surface area contributed by atoms with E-state index in [2.05, 4.69) is 25.2 Å². The van der Waals surface area contributed by atoms with Gasteiger partial charge in [-0.05, 0) is 19.4 Å². The molecule has 0 spiro atoms. The van der Waals surface area contributed by atoms with Crippen LogP contribution >= 0.6 is 0 Å². The zero-order valence-corrected chi connectivity index (χ0v) is 7.02. The van der Waals surface area contributed by atoms with Crippen LogP contribution in [0.4, 0.5) is 0 Å². The van der Waals surface area contributed by atoms with Crippen molar-refractivity contribution >= 4 is 0 Å². The maximum Gasteiger partial charge on any atom is 0.0976 e. The molecule has 2 unspecified atom stereocenters. The second kappa shape index (κ2) is 5.25. The van der Waals surface area contributed by atoms with Crippen LogP contribution in [0.1, 0.15) is 26.7 Å². The van der Waals surface area contributed by atoms with Crippen molar-refractivity contribution < 1.29 is 0 Å². The van der Waals surface area contributed by atoms with Gasteiger partial charge in [0.25, 0.3) is 0 Å². The predicted octanol–water partition coefficient (Wildman–Crippen LogP) is 1.53. The van der Waals surface area contributed by atoms with Crippen LogP contribution in [-0.2, 0) is 0 Å². The summed E-state index contributed by atoms with van der Waals surface area (Å²) in [4.78, 5) is 0. The summed E-state index contributed by atoms with van der Waals surface area (Å²) in [7, 11) is 1.83. The molecule has 0 aromatic rings. The largest absolute Gasteiger partial charge is 0.305 e. The quantitative estimate of drug-likeness (QED) is 0.643. The Morgan fingerprint density at radius 3 is 2.50 bits per heavy atom. The number of rotatable bonds is 4. The van der Waals surface area contributed by atoms with Crippen molar-refractivity contribution in [2.45, 2.75) is 32.7 Å². The first-order valence-electron chi connectivity index (χ1n) is 3.83. The van der Waals surface area contributed by atoms with Crippen LogP contribution in [0.25, 0.3) is 0 Å². The monoisotopic (exact) mass is 140 g/mol. The molecule has 1 N–H and O–H groups in total. The molecule has 2 atom stereocenters. The molecule has 0 rings (SSSR count). The average Bonchev–Trinajstić information content (AvgIpc) is 1.91. The molecule has 0 radical (unpaired) electrons. The SMILES string of the molecule is CCCC(C)C(C#N)NC. The lowest BCUT2D eigenvalue weighted by Gasteiger charge is -2.14. The Morgan fingerprint density at radius 1 is 1.60 bits per heavy atom. The van der Waals surface area contributed by atoms with Gasteiger partial charge in [0.05, 0.1) is 12.1 Å². The van der Waals surface area contributed by atoms with Crippen molar-refractivity contribution in [3.05, 3.63) is 0 Å². The van der Waals surface area contributed by atoms with Crippen LogP contribution in [0, 0.1) is 17.2 Å². The minimum atomic E-state index is 0.0277. The second-order valence-electron chi connectivity index (χ2n) is 2.66. The first kappa shape index (κ1) is 9.45. The summed E-state index contributed by atoms with van der Waals surface area (Å²) in [5.74, 6) is 0.472. The minimum Gasteiger partial charge on any atom is -0.305 e. The molecular weight excluding hydrogens is 124 g/mol. The van der Waals surface area contributed by atoms with Gasteiger partial charge in [0.1, 0.15) is 0 Å². The van der Waals surface area contributed by atoms with Gasteiger partial charge < -0.3 is 5.32 Å². The van der Waals surface area contributed by atoms with Crippen molar-refractivity contribution in [3.63, 3.8) is 0 Å². The standard InChI is InChI=1S/C8H16N2/c1-4-5-7(2)8(6-9)10-3/h7-8,10H,4-5H2,1-3H3. The van der Waals surface area contributed by atoms with E-state index in [9.17, 15) is 0 Å². The highest BCUT2D eigenvalue weighted by Gasteiger charge is 2.12. The number of nitriles is 1. The van der Waals surface area contributed by atoms with Crippen molar-refractivity contribution in [2.24, 2.45) is 5.92 Å². The van der Waals surface area contributed by atoms with Crippen molar-refractivity contribution in [1.29, 1.82) is 5.26 Å². The Balaban J connectivity index is 3.67. The molecule has 58 valence electrons. The Morgan fingerprint density at radius 2 is 2.20 bits per heavy atom. The van der Waals surface area contributed by atoms with Gasteiger partial charge in [-0.1, -0.05) is 20.3 Å². The molecule has 0 aliphatic rings. The summed E-state index contributed by atoms with van der Waals surface area (Å²) in [6.07, 6.45) is 2.28. The van der Waals surface area contributed by atoms with Gasteiger partial charge in [-0.3, -0.25) is 0 Å². The van der Waals surface area contributed by atoms with E-state index < -0.39 is 0 Å². The summed E-state index contributed by atoms with van der Waals surface area (Å²) in [6, 6.07) is 2.25. The van der Waals surface area contributed by atoms with Crippen molar-refractivity contribution in [1.82, 2.24) is 5.32 Å². The second-order valence-corrected chi connectivity index (χ2v) is 2.66. The Hall–Kier alpha value is -0.550. The molecule has 0 fully saturated rings. The highest BCUT2D eigenvalue weighted by molar-refractivity contribution is 4.91. The molecule has 2 nitrogen and oxygen atoms in total. The molecular formula is C8H16N2. The van der Waals surface area contributed by atoms with E-state index in [1.54, 1.807) is 0 Å². The smallest absolute Gasteiger partial charge is 0.0976 e. The third-order valence-corrected chi connectivity index (χ3v) is 1.76. The van der Waals surface area contributed by atoms with E-state index in [0.717, 1.165) is 12.8 Å². The van der Waals surface area contributed by atoms with Gasteiger partial charge in [0, 0.05) is 0 Å². The summed E-state index contributed by atoms with van der Waals surface area (Å²) in [6.45, 7) is 4.24. The summed E-state index contributed by atoms with van der Waals surface area (Å²) in [5, 5.41) is 11.6. The fourth-order valence-corrected chi connectivity index (χ4v) is 1.10. The highest BCUT2D eigenvalue weighted by Crippen LogP contribution is 2.08. The van der Waals surface area contributed by atoms with Crippen LogP contribution in [0.3, 0.4) is 0 Å². The lowest BCUT2D eigenvalue weighted by Crippen LogP contribution is -2.30. The van der Waals surface area contributed by atoms with Gasteiger partial charge in [-0.2, -0.15) is 5.26 Å². The van der Waals surface area contributed by atoms with Crippen molar-refractivity contribution in [2.75, 3.05) is 7.05 Å². The summed E-state index contributed by atoms with van der Waals surface area (Å²) >= 11 is 0. The summed E-state index contributed by atoms with van der Waals surface area (Å²) < 4.78 is 0. The molecule has 0 aliphatic heterocycles. The third kappa shape index (κ3) is 2.84. The minimum absolute atomic E-state index is 0.0277. The normalized spacial score (nSPS) is 15.8. The van der Waals surface area contributed by atoms with Gasteiger partial charge >= 0.3 is 0 Å². The molecule has 0 saturated carbocycles. The summed E-state index contributed by atoms with van der Waals surface area (Å²) in [5.41, 5.74) is 0.